The second-order valence-electron chi connectivity index (χ2n) is 2.72. The monoisotopic (exact) mass is 147 g/mol. The van der Waals surface area contributed by atoms with Crippen molar-refractivity contribution in [3.05, 3.63) is 0 Å². The molecule has 0 radical (unpaired) electrons. The number of hydroxylamine groups is 1. The Labute approximate surface area is 62.7 Å². The second kappa shape index (κ2) is 4.66. The minimum absolute atomic E-state index is 0.144. The van der Waals surface area contributed by atoms with Gasteiger partial charge >= 0.3 is 0 Å². The Morgan fingerprint density at radius 2 is 2.00 bits per heavy atom. The van der Waals surface area contributed by atoms with Gasteiger partial charge in [-0.15, -0.1) is 0 Å². The number of hydrogen-bond donors (Lipinski definition) is 1. The van der Waals surface area contributed by atoms with Crippen LogP contribution < -0.4 is 5.48 Å². The molecule has 0 heterocycles. The summed E-state index contributed by atoms with van der Waals surface area (Å²) in [7, 11) is 1.69. The highest BCUT2D eigenvalue weighted by molar-refractivity contribution is 4.67. The smallest absolute Gasteiger partial charge is 0.0769 e. The molecule has 1 N–H and O–H groups in total. The Kier molecular flexibility index (Phi) is 4.60. The van der Waals surface area contributed by atoms with Gasteiger partial charge in [-0.3, -0.25) is 0 Å². The largest absolute Gasteiger partial charge is 0.377 e. The average Bonchev–Trinajstić information content (AvgIpc) is 1.89. The van der Waals surface area contributed by atoms with Crippen molar-refractivity contribution in [2.75, 3.05) is 20.3 Å². The van der Waals surface area contributed by atoms with E-state index in [1.807, 2.05) is 20.8 Å². The highest BCUT2D eigenvalue weighted by Crippen LogP contribution is 2.03. The molecular weight excluding hydrogens is 130 g/mol. The molecule has 0 saturated carbocycles. The van der Waals surface area contributed by atoms with E-state index >= 15 is 0 Å². The van der Waals surface area contributed by atoms with Crippen molar-refractivity contribution in [3.63, 3.8) is 0 Å². The summed E-state index contributed by atoms with van der Waals surface area (Å²) in [6.07, 6.45) is 0. The fraction of sp³-hybridized carbons (Fsp3) is 1.00. The molecule has 3 heteroatoms. The van der Waals surface area contributed by atoms with Crippen molar-refractivity contribution >= 4 is 0 Å². The van der Waals surface area contributed by atoms with E-state index in [0.29, 0.717) is 13.2 Å². The van der Waals surface area contributed by atoms with Crippen LogP contribution in [0.15, 0.2) is 0 Å². The summed E-state index contributed by atoms with van der Waals surface area (Å²) in [5.41, 5.74) is 2.66. The van der Waals surface area contributed by atoms with Crippen molar-refractivity contribution in [2.45, 2.75) is 26.4 Å². The lowest BCUT2D eigenvalue weighted by Crippen LogP contribution is -2.36. The molecule has 0 bridgehead atoms. The Morgan fingerprint density at radius 3 is 2.40 bits per heavy atom. The zero-order valence-electron chi connectivity index (χ0n) is 7.23. The molecule has 3 nitrogen and oxygen atoms in total. The van der Waals surface area contributed by atoms with Crippen LogP contribution in [0.25, 0.3) is 0 Å². The highest BCUT2D eigenvalue weighted by atomic mass is 16.6. The third kappa shape index (κ3) is 4.73. The van der Waals surface area contributed by atoms with Crippen LogP contribution in [-0.2, 0) is 9.57 Å². The number of rotatable bonds is 5. The molecule has 0 amide bonds. The van der Waals surface area contributed by atoms with E-state index in [9.17, 15) is 0 Å². The summed E-state index contributed by atoms with van der Waals surface area (Å²) in [5.74, 6) is 0. The topological polar surface area (TPSA) is 30.5 Å². The summed E-state index contributed by atoms with van der Waals surface area (Å²) in [6, 6.07) is 0. The molecule has 0 saturated heterocycles. The minimum Gasteiger partial charge on any atom is -0.377 e. The molecule has 0 spiro atoms. The Bertz CT molecular complexity index is 83.7. The van der Waals surface area contributed by atoms with Crippen LogP contribution in [0.4, 0.5) is 0 Å². The zero-order valence-corrected chi connectivity index (χ0v) is 7.23. The van der Waals surface area contributed by atoms with Crippen molar-refractivity contribution in [1.29, 1.82) is 0 Å². The maximum atomic E-state index is 5.14. The summed E-state index contributed by atoms with van der Waals surface area (Å²) < 4.78 is 5.14. The van der Waals surface area contributed by atoms with Crippen LogP contribution in [0, 0.1) is 0 Å². The van der Waals surface area contributed by atoms with Crippen LogP contribution in [0.2, 0.25) is 0 Å². The molecule has 0 aromatic rings. The Hall–Kier alpha value is -0.120. The first-order chi connectivity index (χ1) is 4.62. The van der Waals surface area contributed by atoms with Gasteiger partial charge in [0.2, 0.25) is 0 Å². The van der Waals surface area contributed by atoms with Crippen LogP contribution in [0.5, 0.6) is 0 Å². The normalized spacial score (nSPS) is 12.0. The molecule has 0 aliphatic heterocycles. The fourth-order valence-electron chi connectivity index (χ4n) is 0.399. The van der Waals surface area contributed by atoms with Crippen LogP contribution >= 0.6 is 0 Å². The van der Waals surface area contributed by atoms with Gasteiger partial charge in [0.1, 0.15) is 0 Å². The Balaban J connectivity index is 3.28. The van der Waals surface area contributed by atoms with Crippen LogP contribution in [0.1, 0.15) is 20.8 Å². The van der Waals surface area contributed by atoms with E-state index in [1.165, 1.54) is 0 Å². The van der Waals surface area contributed by atoms with Gasteiger partial charge in [-0.25, -0.2) is 0 Å². The molecule has 0 atom stereocenters. The molecule has 0 fully saturated rings. The first-order valence-corrected chi connectivity index (χ1v) is 3.52. The standard InChI is InChI=1S/C7H17NO2/c1-5-10-8-6-7(2,3)9-4/h8H,5-6H2,1-4H3. The predicted octanol–water partition coefficient (Wildman–Crippen LogP) is 0.952. The summed E-state index contributed by atoms with van der Waals surface area (Å²) >= 11 is 0. The number of methoxy groups -OCH3 is 1. The van der Waals surface area contributed by atoms with E-state index < -0.39 is 0 Å². The predicted molar refractivity (Wildman–Crippen MR) is 40.7 cm³/mol. The van der Waals surface area contributed by atoms with E-state index in [-0.39, 0.29) is 5.60 Å². The first-order valence-electron chi connectivity index (χ1n) is 3.52. The zero-order chi connectivity index (χ0) is 8.04. The lowest BCUT2D eigenvalue weighted by atomic mass is 10.1. The van der Waals surface area contributed by atoms with Gasteiger partial charge in [0.25, 0.3) is 0 Å². The van der Waals surface area contributed by atoms with Gasteiger partial charge in [-0.05, 0) is 20.8 Å². The van der Waals surface area contributed by atoms with Gasteiger partial charge in [0.15, 0.2) is 0 Å². The minimum atomic E-state index is -0.144. The van der Waals surface area contributed by atoms with E-state index in [4.69, 9.17) is 9.57 Å². The van der Waals surface area contributed by atoms with Crippen molar-refractivity contribution in [3.8, 4) is 0 Å². The molecule has 10 heavy (non-hydrogen) atoms. The number of nitrogens with one attached hydrogen (secondary N) is 1. The number of hydrogen-bond acceptors (Lipinski definition) is 3. The Morgan fingerprint density at radius 1 is 1.40 bits per heavy atom. The summed E-state index contributed by atoms with van der Waals surface area (Å²) in [4.78, 5) is 4.94. The molecule has 0 aromatic heterocycles. The van der Waals surface area contributed by atoms with Gasteiger partial charge in [0.05, 0.1) is 12.2 Å². The third-order valence-corrected chi connectivity index (χ3v) is 1.30. The van der Waals surface area contributed by atoms with E-state index in [1.54, 1.807) is 7.11 Å². The van der Waals surface area contributed by atoms with Gasteiger partial charge in [0, 0.05) is 13.7 Å². The molecular formula is C7H17NO2. The van der Waals surface area contributed by atoms with Crippen molar-refractivity contribution < 1.29 is 9.57 Å². The third-order valence-electron chi connectivity index (χ3n) is 1.30. The lowest BCUT2D eigenvalue weighted by Gasteiger charge is -2.22. The van der Waals surface area contributed by atoms with Gasteiger partial charge in [-0.1, -0.05) is 0 Å². The lowest BCUT2D eigenvalue weighted by molar-refractivity contribution is -0.0333. The molecule has 0 unspecified atom stereocenters. The molecule has 0 aliphatic carbocycles. The van der Waals surface area contributed by atoms with E-state index in [2.05, 4.69) is 5.48 Å². The highest BCUT2D eigenvalue weighted by Gasteiger charge is 2.14. The quantitative estimate of drug-likeness (QED) is 0.464. The van der Waals surface area contributed by atoms with Crippen molar-refractivity contribution in [2.24, 2.45) is 0 Å². The fourth-order valence-corrected chi connectivity index (χ4v) is 0.399. The molecule has 0 rings (SSSR count). The maximum Gasteiger partial charge on any atom is 0.0769 e. The summed E-state index contributed by atoms with van der Waals surface area (Å²) in [5, 5.41) is 0. The van der Waals surface area contributed by atoms with Gasteiger partial charge < -0.3 is 9.57 Å². The second-order valence-corrected chi connectivity index (χ2v) is 2.72. The molecule has 0 aromatic carbocycles. The van der Waals surface area contributed by atoms with E-state index in [0.717, 1.165) is 0 Å². The van der Waals surface area contributed by atoms with Crippen LogP contribution in [0.3, 0.4) is 0 Å². The number of ether oxygens (including phenoxy) is 1. The SMILES string of the molecule is CCONCC(C)(C)OC. The first kappa shape index (κ1) is 9.88. The maximum absolute atomic E-state index is 5.14. The summed E-state index contributed by atoms with van der Waals surface area (Å²) in [6.45, 7) is 7.32. The van der Waals surface area contributed by atoms with Crippen LogP contribution in [-0.4, -0.2) is 25.9 Å². The molecule has 62 valence electrons. The van der Waals surface area contributed by atoms with Gasteiger partial charge in [-0.2, -0.15) is 5.48 Å². The average molecular weight is 147 g/mol. The molecule has 0 aliphatic rings. The van der Waals surface area contributed by atoms with Crippen molar-refractivity contribution in [1.82, 2.24) is 5.48 Å².